The van der Waals surface area contributed by atoms with Crippen LogP contribution in [0.3, 0.4) is 0 Å². The van der Waals surface area contributed by atoms with Crippen LogP contribution in [0, 0.1) is 0 Å². The Bertz CT molecular complexity index is 593. The van der Waals surface area contributed by atoms with E-state index in [0.717, 1.165) is 11.3 Å². The van der Waals surface area contributed by atoms with Crippen LogP contribution in [0.2, 0.25) is 5.02 Å². The minimum atomic E-state index is -2.41. The molecule has 0 saturated carbocycles. The average Bonchev–Trinajstić information content (AvgIpc) is 2.46. The molecule has 0 unspecified atom stereocenters. The number of methoxy groups -OCH3 is 1. The molecule has 1 N–H and O–H groups in total. The van der Waals surface area contributed by atoms with Gasteiger partial charge in [-0.25, -0.2) is 0 Å². The van der Waals surface area contributed by atoms with Crippen LogP contribution in [0.5, 0.6) is 5.75 Å². The molecule has 2 aromatic rings. The summed E-state index contributed by atoms with van der Waals surface area (Å²) < 4.78 is 29.7. The molecule has 0 aliphatic heterocycles. The number of anilines is 1. The lowest BCUT2D eigenvalue weighted by molar-refractivity contribution is 0.252. The lowest BCUT2D eigenvalue weighted by Crippen LogP contribution is -2.02. The Kier molecular flexibility index (Phi) is 5.70. The standard InChI is InChI=1S/C15H14ClF2NOS/c1-20-14-4-2-3-13(16)12(14)9-19-10-5-7-11(8-6-10)21-15(17)18/h2-8,15,19H,9H2,1H3. The molecule has 112 valence electrons. The van der Waals surface area contributed by atoms with Gasteiger partial charge in [0.25, 0.3) is 5.76 Å². The molecule has 0 aliphatic carbocycles. The molecule has 0 bridgehead atoms. The molecule has 0 spiro atoms. The number of nitrogens with one attached hydrogen (secondary N) is 1. The van der Waals surface area contributed by atoms with E-state index in [4.69, 9.17) is 16.3 Å². The third-order valence-corrected chi connectivity index (χ3v) is 3.92. The second-order valence-electron chi connectivity index (χ2n) is 4.18. The van der Waals surface area contributed by atoms with Gasteiger partial charge in [-0.15, -0.1) is 0 Å². The van der Waals surface area contributed by atoms with Crippen LogP contribution in [0.25, 0.3) is 0 Å². The zero-order valence-corrected chi connectivity index (χ0v) is 12.8. The predicted molar refractivity (Wildman–Crippen MR) is 83.6 cm³/mol. The van der Waals surface area contributed by atoms with Gasteiger partial charge in [0, 0.05) is 27.7 Å². The van der Waals surface area contributed by atoms with Gasteiger partial charge in [-0.2, -0.15) is 8.78 Å². The zero-order valence-electron chi connectivity index (χ0n) is 11.3. The van der Waals surface area contributed by atoms with E-state index in [1.165, 1.54) is 0 Å². The van der Waals surface area contributed by atoms with Gasteiger partial charge in [0.2, 0.25) is 0 Å². The highest BCUT2D eigenvalue weighted by Crippen LogP contribution is 2.28. The normalized spacial score (nSPS) is 10.7. The number of hydrogen-bond acceptors (Lipinski definition) is 3. The summed E-state index contributed by atoms with van der Waals surface area (Å²) in [6.07, 6.45) is 0. The molecule has 21 heavy (non-hydrogen) atoms. The van der Waals surface area contributed by atoms with Gasteiger partial charge < -0.3 is 10.1 Å². The number of benzene rings is 2. The van der Waals surface area contributed by atoms with Gasteiger partial charge in [-0.1, -0.05) is 29.4 Å². The van der Waals surface area contributed by atoms with Crippen molar-refractivity contribution in [3.8, 4) is 5.75 Å². The SMILES string of the molecule is COc1cccc(Cl)c1CNc1ccc(SC(F)F)cc1. The van der Waals surface area contributed by atoms with Crippen molar-refractivity contribution in [2.75, 3.05) is 12.4 Å². The lowest BCUT2D eigenvalue weighted by Gasteiger charge is -2.12. The van der Waals surface area contributed by atoms with Gasteiger partial charge in [0.1, 0.15) is 5.75 Å². The highest BCUT2D eigenvalue weighted by atomic mass is 35.5. The Morgan fingerprint density at radius 1 is 1.19 bits per heavy atom. The first-order valence-corrected chi connectivity index (χ1v) is 7.46. The molecule has 0 saturated heterocycles. The van der Waals surface area contributed by atoms with Crippen LogP contribution in [-0.2, 0) is 6.54 Å². The van der Waals surface area contributed by atoms with Crippen LogP contribution < -0.4 is 10.1 Å². The maximum absolute atomic E-state index is 12.2. The van der Waals surface area contributed by atoms with Crippen molar-refractivity contribution >= 4 is 29.1 Å². The third kappa shape index (κ3) is 4.51. The summed E-state index contributed by atoms with van der Waals surface area (Å²) in [7, 11) is 1.59. The fraction of sp³-hybridized carbons (Fsp3) is 0.200. The average molecular weight is 330 g/mol. The summed E-state index contributed by atoms with van der Waals surface area (Å²) in [5.74, 6) is -1.70. The van der Waals surface area contributed by atoms with Crippen molar-refractivity contribution in [3.05, 3.63) is 53.1 Å². The maximum atomic E-state index is 12.2. The lowest BCUT2D eigenvalue weighted by atomic mass is 10.2. The van der Waals surface area contributed by atoms with Gasteiger partial charge >= 0.3 is 0 Å². The van der Waals surface area contributed by atoms with Gasteiger partial charge in [0.05, 0.1) is 7.11 Å². The van der Waals surface area contributed by atoms with E-state index in [-0.39, 0.29) is 0 Å². The molecule has 0 heterocycles. The van der Waals surface area contributed by atoms with Crippen molar-refractivity contribution < 1.29 is 13.5 Å². The highest BCUT2D eigenvalue weighted by Gasteiger charge is 2.08. The zero-order chi connectivity index (χ0) is 15.2. The van der Waals surface area contributed by atoms with E-state index >= 15 is 0 Å². The summed E-state index contributed by atoms with van der Waals surface area (Å²) in [6, 6.07) is 12.3. The molecule has 2 nitrogen and oxygen atoms in total. The van der Waals surface area contributed by atoms with Crippen molar-refractivity contribution in [2.45, 2.75) is 17.2 Å². The van der Waals surface area contributed by atoms with E-state index in [9.17, 15) is 8.78 Å². The van der Waals surface area contributed by atoms with Crippen LogP contribution in [0.1, 0.15) is 5.56 Å². The van der Waals surface area contributed by atoms with E-state index < -0.39 is 5.76 Å². The molecule has 0 fully saturated rings. The molecule has 0 aromatic heterocycles. The van der Waals surface area contributed by atoms with Gasteiger partial charge in [0.15, 0.2) is 0 Å². The van der Waals surface area contributed by atoms with Crippen molar-refractivity contribution in [1.82, 2.24) is 0 Å². The van der Waals surface area contributed by atoms with Crippen LogP contribution in [0.4, 0.5) is 14.5 Å². The van der Waals surface area contributed by atoms with E-state index in [1.54, 1.807) is 37.4 Å². The van der Waals surface area contributed by atoms with E-state index in [0.29, 0.717) is 34.0 Å². The minimum absolute atomic E-state index is 0.490. The molecule has 2 aromatic carbocycles. The molecule has 2 rings (SSSR count). The van der Waals surface area contributed by atoms with Crippen LogP contribution in [0.15, 0.2) is 47.4 Å². The van der Waals surface area contributed by atoms with Gasteiger partial charge in [-0.3, -0.25) is 0 Å². The smallest absolute Gasteiger partial charge is 0.288 e. The largest absolute Gasteiger partial charge is 0.496 e. The monoisotopic (exact) mass is 329 g/mol. The molecular formula is C15H14ClF2NOS. The van der Waals surface area contributed by atoms with Crippen molar-refractivity contribution in [2.24, 2.45) is 0 Å². The summed E-state index contributed by atoms with van der Waals surface area (Å²) in [5.41, 5.74) is 1.68. The number of ether oxygens (including phenoxy) is 1. The highest BCUT2D eigenvalue weighted by molar-refractivity contribution is 7.99. The second-order valence-corrected chi connectivity index (χ2v) is 5.65. The number of halogens is 3. The second kappa shape index (κ2) is 7.52. The quantitative estimate of drug-likeness (QED) is 0.729. The third-order valence-electron chi connectivity index (χ3n) is 2.84. The summed E-state index contributed by atoms with van der Waals surface area (Å²) in [5, 5.41) is 3.81. The van der Waals surface area contributed by atoms with Crippen molar-refractivity contribution in [1.29, 1.82) is 0 Å². The summed E-state index contributed by atoms with van der Waals surface area (Å²) in [4.78, 5) is 0.533. The molecule has 0 radical (unpaired) electrons. The first kappa shape index (κ1) is 15.9. The molecule has 0 amide bonds. The van der Waals surface area contributed by atoms with Crippen LogP contribution >= 0.6 is 23.4 Å². The molecule has 0 aliphatic rings. The number of alkyl halides is 2. The molecular weight excluding hydrogens is 316 g/mol. The van der Waals surface area contributed by atoms with Gasteiger partial charge in [-0.05, 0) is 36.4 Å². The fourth-order valence-corrected chi connectivity index (χ4v) is 2.58. The number of thioether (sulfide) groups is 1. The topological polar surface area (TPSA) is 21.3 Å². The van der Waals surface area contributed by atoms with E-state index in [1.807, 2.05) is 12.1 Å². The first-order chi connectivity index (χ1) is 10.1. The summed E-state index contributed by atoms with van der Waals surface area (Å²) in [6.45, 7) is 0.490. The number of rotatable bonds is 6. The first-order valence-electron chi connectivity index (χ1n) is 6.20. The minimum Gasteiger partial charge on any atom is -0.496 e. The fourth-order valence-electron chi connectivity index (χ4n) is 1.85. The van der Waals surface area contributed by atoms with E-state index in [2.05, 4.69) is 5.32 Å². The Morgan fingerprint density at radius 2 is 1.90 bits per heavy atom. The Hall–Kier alpha value is -1.46. The summed E-state index contributed by atoms with van der Waals surface area (Å²) >= 11 is 6.68. The van der Waals surface area contributed by atoms with Crippen molar-refractivity contribution in [3.63, 3.8) is 0 Å². The van der Waals surface area contributed by atoms with Crippen LogP contribution in [-0.4, -0.2) is 12.9 Å². The Morgan fingerprint density at radius 3 is 2.52 bits per heavy atom. The molecule has 0 atom stereocenters. The molecule has 6 heteroatoms. The maximum Gasteiger partial charge on any atom is 0.288 e. The number of hydrogen-bond donors (Lipinski definition) is 1. The predicted octanol–water partition coefficient (Wildman–Crippen LogP) is 5.28. The Balaban J connectivity index is 2.03. The Labute approximate surface area is 131 Å².